The van der Waals surface area contributed by atoms with Crippen molar-refractivity contribution in [1.29, 1.82) is 0 Å². The van der Waals surface area contributed by atoms with Crippen LogP contribution in [0.4, 0.5) is 0 Å². The molecule has 0 bridgehead atoms. The van der Waals surface area contributed by atoms with Gasteiger partial charge in [-0.05, 0) is 84.3 Å². The maximum absolute atomic E-state index is 13.0. The van der Waals surface area contributed by atoms with Crippen LogP contribution in [0.15, 0.2) is 36.4 Å². The first-order valence-corrected chi connectivity index (χ1v) is 11.8. The molecule has 0 saturated heterocycles. The lowest BCUT2D eigenvalue weighted by Gasteiger charge is -2.19. The van der Waals surface area contributed by atoms with Crippen LogP contribution in [0.25, 0.3) is 32.3 Å². The molecule has 0 aliphatic heterocycles. The second-order valence-corrected chi connectivity index (χ2v) is 7.94. The molecule has 0 unspecified atom stereocenters. The average molecular weight is 491 g/mol. The maximum atomic E-state index is 13.0. The summed E-state index contributed by atoms with van der Waals surface area (Å²) < 4.78 is 21.0. The van der Waals surface area contributed by atoms with Crippen LogP contribution in [0.5, 0.6) is 0 Å². The number of hydrogen-bond donors (Lipinski definition) is 0. The molecule has 0 heterocycles. The van der Waals surface area contributed by atoms with Crippen LogP contribution in [0.1, 0.15) is 69.1 Å². The van der Waals surface area contributed by atoms with E-state index in [1.807, 2.05) is 0 Å². The van der Waals surface area contributed by atoms with E-state index in [9.17, 15) is 19.2 Å². The zero-order chi connectivity index (χ0) is 26.0. The quantitative estimate of drug-likeness (QED) is 0.186. The second-order valence-electron chi connectivity index (χ2n) is 7.94. The summed E-state index contributed by atoms with van der Waals surface area (Å²) in [6, 6.07) is 9.73. The Bertz CT molecular complexity index is 1500. The molecular weight excluding hydrogens is 464 g/mol. The van der Waals surface area contributed by atoms with Gasteiger partial charge in [0.1, 0.15) is 0 Å². The Balaban J connectivity index is 2.20. The molecule has 0 aliphatic carbocycles. The van der Waals surface area contributed by atoms with E-state index in [-0.39, 0.29) is 48.7 Å². The summed E-state index contributed by atoms with van der Waals surface area (Å²) >= 11 is 0. The molecule has 0 N–H and O–H groups in total. The Morgan fingerprint density at radius 2 is 1.00 bits per heavy atom. The van der Waals surface area contributed by atoms with Crippen molar-refractivity contribution >= 4 is 56.2 Å². The van der Waals surface area contributed by atoms with Crippen molar-refractivity contribution in [2.45, 2.75) is 27.7 Å². The molecule has 4 rings (SSSR count). The normalized spacial score (nSPS) is 11.1. The average Bonchev–Trinajstić information content (AvgIpc) is 2.86. The van der Waals surface area contributed by atoms with Crippen LogP contribution in [0, 0.1) is 0 Å². The highest BCUT2D eigenvalue weighted by atomic mass is 16.5. The van der Waals surface area contributed by atoms with Crippen molar-refractivity contribution in [3.05, 3.63) is 58.7 Å². The van der Waals surface area contributed by atoms with Crippen molar-refractivity contribution in [3.8, 4) is 0 Å². The van der Waals surface area contributed by atoms with Gasteiger partial charge >= 0.3 is 23.9 Å². The Morgan fingerprint density at radius 3 is 1.56 bits per heavy atom. The van der Waals surface area contributed by atoms with Crippen LogP contribution in [0.2, 0.25) is 0 Å². The van der Waals surface area contributed by atoms with Gasteiger partial charge in [0.25, 0.3) is 0 Å². The summed E-state index contributed by atoms with van der Waals surface area (Å²) in [6.45, 7) is 7.40. The van der Waals surface area contributed by atoms with Gasteiger partial charge in [0.15, 0.2) is 0 Å². The molecule has 4 aromatic carbocycles. The van der Waals surface area contributed by atoms with Gasteiger partial charge in [0.05, 0.1) is 48.7 Å². The fourth-order valence-electron chi connectivity index (χ4n) is 4.45. The van der Waals surface area contributed by atoms with E-state index in [1.54, 1.807) is 58.0 Å². The lowest BCUT2D eigenvalue weighted by atomic mass is 9.86. The fraction of sp³-hybridized carbons (Fsp3) is 0.286. The number of rotatable bonds is 8. The number of carbonyl (C=O) groups is 4. The van der Waals surface area contributed by atoms with E-state index < -0.39 is 23.9 Å². The highest BCUT2D eigenvalue weighted by Gasteiger charge is 2.26. The van der Waals surface area contributed by atoms with E-state index in [0.717, 1.165) is 0 Å². The largest absolute Gasteiger partial charge is 0.462 e. The van der Waals surface area contributed by atoms with E-state index in [1.165, 1.54) is 6.07 Å². The van der Waals surface area contributed by atoms with Crippen LogP contribution < -0.4 is 0 Å². The van der Waals surface area contributed by atoms with Gasteiger partial charge in [-0.25, -0.2) is 19.2 Å². The number of ether oxygens (including phenoxy) is 4. The summed E-state index contributed by atoms with van der Waals surface area (Å²) in [5, 5.41) is 3.25. The standard InChI is InChI=1S/C28H26O8/c1-5-33-25(29)16-11-15-9-10-17-20(26(30)34-6-2)14-22(28(32)36-8-4)19-13-21(27(31)35-7-3)18(12-16)23(15)24(17)19/h9-14H,5-8H2,1-4H3. The minimum atomic E-state index is -0.636. The van der Waals surface area contributed by atoms with Gasteiger partial charge in [0, 0.05) is 0 Å². The minimum Gasteiger partial charge on any atom is -0.462 e. The molecular formula is C28H26O8. The van der Waals surface area contributed by atoms with Gasteiger partial charge < -0.3 is 18.9 Å². The van der Waals surface area contributed by atoms with Crippen molar-refractivity contribution in [3.63, 3.8) is 0 Å². The second kappa shape index (κ2) is 10.2. The molecule has 36 heavy (non-hydrogen) atoms. The molecule has 0 fully saturated rings. The van der Waals surface area contributed by atoms with E-state index >= 15 is 0 Å². The molecule has 0 amide bonds. The van der Waals surface area contributed by atoms with Crippen LogP contribution in [-0.4, -0.2) is 50.3 Å². The predicted molar refractivity (Wildman–Crippen MR) is 134 cm³/mol. The summed E-state index contributed by atoms with van der Waals surface area (Å²) in [7, 11) is 0. The first kappa shape index (κ1) is 24.9. The van der Waals surface area contributed by atoms with Crippen LogP contribution in [0.3, 0.4) is 0 Å². The number of esters is 4. The Kier molecular flexibility index (Phi) is 7.05. The summed E-state index contributed by atoms with van der Waals surface area (Å²) in [4.78, 5) is 51.5. The van der Waals surface area contributed by atoms with Gasteiger partial charge in [-0.2, -0.15) is 0 Å². The molecule has 0 spiro atoms. The first-order chi connectivity index (χ1) is 17.4. The Hall–Kier alpha value is -4.20. The van der Waals surface area contributed by atoms with Crippen LogP contribution >= 0.6 is 0 Å². The summed E-state index contributed by atoms with van der Waals surface area (Å²) in [5.74, 6) is -2.36. The third-order valence-corrected chi connectivity index (χ3v) is 5.83. The highest BCUT2D eigenvalue weighted by molar-refractivity contribution is 6.32. The Morgan fingerprint density at radius 1 is 0.528 bits per heavy atom. The number of hydrogen-bond acceptors (Lipinski definition) is 8. The topological polar surface area (TPSA) is 105 Å². The molecule has 0 aliphatic rings. The number of benzene rings is 4. The molecule has 0 radical (unpaired) electrons. The van der Waals surface area contributed by atoms with Crippen LogP contribution in [-0.2, 0) is 18.9 Å². The Labute approximate surface area is 207 Å². The molecule has 4 aromatic rings. The van der Waals surface area contributed by atoms with Crippen molar-refractivity contribution in [2.24, 2.45) is 0 Å². The summed E-state index contributed by atoms with van der Waals surface area (Å²) in [6.07, 6.45) is 0. The van der Waals surface area contributed by atoms with Gasteiger partial charge in [-0.15, -0.1) is 0 Å². The smallest absolute Gasteiger partial charge is 0.338 e. The van der Waals surface area contributed by atoms with E-state index in [2.05, 4.69) is 0 Å². The summed E-state index contributed by atoms with van der Waals surface area (Å²) in [5.41, 5.74) is 0.780. The van der Waals surface area contributed by atoms with Crippen molar-refractivity contribution in [1.82, 2.24) is 0 Å². The van der Waals surface area contributed by atoms with Crippen molar-refractivity contribution in [2.75, 3.05) is 26.4 Å². The maximum Gasteiger partial charge on any atom is 0.338 e. The third-order valence-electron chi connectivity index (χ3n) is 5.83. The molecule has 8 nitrogen and oxygen atoms in total. The monoisotopic (exact) mass is 490 g/mol. The highest BCUT2D eigenvalue weighted by Crippen LogP contribution is 2.41. The lowest BCUT2D eigenvalue weighted by molar-refractivity contribution is 0.0512. The molecule has 0 atom stereocenters. The fourth-order valence-corrected chi connectivity index (χ4v) is 4.45. The van der Waals surface area contributed by atoms with Gasteiger partial charge in [0.2, 0.25) is 0 Å². The molecule has 0 saturated carbocycles. The van der Waals surface area contributed by atoms with Gasteiger partial charge in [-0.3, -0.25) is 0 Å². The zero-order valence-electron chi connectivity index (χ0n) is 20.6. The van der Waals surface area contributed by atoms with Crippen molar-refractivity contribution < 1.29 is 38.1 Å². The predicted octanol–water partition coefficient (Wildman–Crippen LogP) is 5.29. The zero-order valence-corrected chi connectivity index (χ0v) is 20.6. The molecule has 8 heteroatoms. The SMILES string of the molecule is CCOC(=O)c1cc2ccc3c(C(=O)OCC)cc(C(=O)OCC)c4cc(C(=O)OCC)c(c1)c2c34. The third kappa shape index (κ3) is 4.19. The lowest BCUT2D eigenvalue weighted by Crippen LogP contribution is -2.13. The van der Waals surface area contributed by atoms with Gasteiger partial charge in [-0.1, -0.05) is 12.1 Å². The molecule has 0 aromatic heterocycles. The number of carbonyl (C=O) groups excluding carboxylic acids is 4. The minimum absolute atomic E-state index is 0.127. The first-order valence-electron chi connectivity index (χ1n) is 11.8. The molecule has 186 valence electrons. The van der Waals surface area contributed by atoms with E-state index in [0.29, 0.717) is 32.3 Å². The van der Waals surface area contributed by atoms with E-state index in [4.69, 9.17) is 18.9 Å².